The average Bonchev–Trinajstić information content (AvgIpc) is 2.81. The highest BCUT2D eigenvalue weighted by molar-refractivity contribution is 4.58. The van der Waals surface area contributed by atoms with Crippen molar-refractivity contribution in [3.63, 3.8) is 0 Å². The van der Waals surface area contributed by atoms with Gasteiger partial charge in [-0.2, -0.15) is 0 Å². The quantitative estimate of drug-likeness (QED) is 0.0543. The summed E-state index contributed by atoms with van der Waals surface area (Å²) in [6.45, 7) is 18.3. The molecule has 0 saturated carbocycles. The molecule has 0 bridgehead atoms. The number of hydrogen-bond acceptors (Lipinski definition) is 12. The molecule has 0 amide bonds. The first-order chi connectivity index (χ1) is 15.8. The molecule has 0 unspecified atom stereocenters. The molecule has 0 aliphatic carbocycles. The molecule has 0 heterocycles. The molecule has 12 heteroatoms. The normalized spacial score (nSPS) is 10.9. The predicted octanol–water partition coefficient (Wildman–Crippen LogP) is -5.48. The van der Waals surface area contributed by atoms with Crippen LogP contribution in [0.3, 0.4) is 0 Å². The Morgan fingerprint density at radius 3 is 0.469 bits per heavy atom. The number of hydrogen-bond donors (Lipinski definition) is 12. The zero-order valence-electron chi connectivity index (χ0n) is 20.5. The van der Waals surface area contributed by atoms with Gasteiger partial charge in [-0.3, -0.25) is 0 Å². The van der Waals surface area contributed by atoms with Gasteiger partial charge in [-0.1, -0.05) is 0 Å². The fraction of sp³-hybridized carbons (Fsp3) is 1.00. The first-order valence-corrected chi connectivity index (χ1v) is 12.3. The molecule has 0 aliphatic rings. The van der Waals surface area contributed by atoms with Crippen molar-refractivity contribution in [1.29, 1.82) is 0 Å². The van der Waals surface area contributed by atoms with Gasteiger partial charge >= 0.3 is 0 Å². The van der Waals surface area contributed by atoms with Gasteiger partial charge in [0.1, 0.15) is 0 Å². The van der Waals surface area contributed by atoms with Crippen LogP contribution in [0.1, 0.15) is 0 Å². The summed E-state index contributed by atoms with van der Waals surface area (Å²) in [5.41, 5.74) is 21.4. The predicted molar refractivity (Wildman–Crippen MR) is 139 cm³/mol. The van der Waals surface area contributed by atoms with Crippen LogP contribution in [0.2, 0.25) is 0 Å². The molecule has 0 radical (unpaired) electrons. The lowest BCUT2D eigenvalue weighted by Gasteiger charge is -2.07. The third kappa shape index (κ3) is 36.9. The molecule has 0 rings (SSSR count). The molecule has 0 aromatic carbocycles. The Hall–Kier alpha value is -0.480. The lowest BCUT2D eigenvalue weighted by molar-refractivity contribution is 0.569. The molecule has 16 N–H and O–H groups in total. The van der Waals surface area contributed by atoms with E-state index in [9.17, 15) is 0 Å². The second-order valence-electron chi connectivity index (χ2n) is 7.15. The molecular weight excluding hydrogens is 408 g/mol. The van der Waals surface area contributed by atoms with Gasteiger partial charge < -0.3 is 65.5 Å². The summed E-state index contributed by atoms with van der Waals surface area (Å²) in [6, 6.07) is 0. The van der Waals surface area contributed by atoms with E-state index < -0.39 is 0 Å². The minimum Gasteiger partial charge on any atom is -0.329 e. The van der Waals surface area contributed by atoms with Crippen molar-refractivity contribution in [2.45, 2.75) is 0 Å². The van der Waals surface area contributed by atoms with Gasteiger partial charge in [0.2, 0.25) is 0 Å². The van der Waals surface area contributed by atoms with Crippen molar-refractivity contribution in [2.75, 3.05) is 131 Å². The third-order valence-electron chi connectivity index (χ3n) is 4.16. The smallest absolute Gasteiger partial charge is 0.00772 e. The van der Waals surface area contributed by atoms with Crippen molar-refractivity contribution >= 4 is 0 Å². The maximum Gasteiger partial charge on any atom is 0.00772 e. The lowest BCUT2D eigenvalue weighted by atomic mass is 10.5. The van der Waals surface area contributed by atoms with Gasteiger partial charge in [-0.05, 0) is 0 Å². The Morgan fingerprint density at radius 2 is 0.344 bits per heavy atom. The maximum atomic E-state index is 5.35. The fourth-order valence-corrected chi connectivity index (χ4v) is 2.47. The Morgan fingerprint density at radius 1 is 0.219 bits per heavy atom. The first-order valence-electron chi connectivity index (χ1n) is 12.3. The highest BCUT2D eigenvalue weighted by Crippen LogP contribution is 1.63. The SMILES string of the molecule is NCCNCCNCCNCCNCCN.NCCNCCNCCNCCNCCN. The molecule has 196 valence electrons. The number of nitrogens with one attached hydrogen (secondary N) is 8. The zero-order valence-corrected chi connectivity index (χ0v) is 20.5. The molecule has 0 saturated heterocycles. The average molecular weight is 465 g/mol. The summed E-state index contributed by atoms with van der Waals surface area (Å²) >= 11 is 0. The van der Waals surface area contributed by atoms with Gasteiger partial charge in [0.25, 0.3) is 0 Å². The molecule has 32 heavy (non-hydrogen) atoms. The van der Waals surface area contributed by atoms with Gasteiger partial charge in [-0.25, -0.2) is 0 Å². The summed E-state index contributed by atoms with van der Waals surface area (Å²) < 4.78 is 0. The van der Waals surface area contributed by atoms with Crippen molar-refractivity contribution < 1.29 is 0 Å². The number of rotatable bonds is 26. The Bertz CT molecular complexity index is 244. The van der Waals surface area contributed by atoms with E-state index in [2.05, 4.69) is 42.5 Å². The van der Waals surface area contributed by atoms with E-state index >= 15 is 0 Å². The second kappa shape index (κ2) is 35.1. The fourth-order valence-electron chi connectivity index (χ4n) is 2.47. The topological polar surface area (TPSA) is 200 Å². The molecule has 0 aliphatic heterocycles. The Labute approximate surface area is 196 Å². The standard InChI is InChI=1S/2C10H28N6/c2*11-1-3-13-5-7-15-9-10-16-8-6-14-4-2-12/h2*13-16H,1-12H2. The monoisotopic (exact) mass is 464 g/mol. The minimum absolute atomic E-state index is 0.706. The minimum atomic E-state index is 0.706. The Kier molecular flexibility index (Phi) is 37.0. The van der Waals surface area contributed by atoms with Crippen LogP contribution in [-0.2, 0) is 0 Å². The van der Waals surface area contributed by atoms with E-state index in [-0.39, 0.29) is 0 Å². The van der Waals surface area contributed by atoms with Crippen LogP contribution in [0.4, 0.5) is 0 Å². The van der Waals surface area contributed by atoms with Gasteiger partial charge in [0.05, 0.1) is 0 Å². The summed E-state index contributed by atoms with van der Waals surface area (Å²) in [7, 11) is 0. The van der Waals surface area contributed by atoms with E-state index in [0.717, 1.165) is 105 Å². The molecule has 0 fully saturated rings. The van der Waals surface area contributed by atoms with Gasteiger partial charge in [0.15, 0.2) is 0 Å². The van der Waals surface area contributed by atoms with E-state index in [1.807, 2.05) is 0 Å². The summed E-state index contributed by atoms with van der Waals surface area (Å²) in [4.78, 5) is 0. The molecule has 12 nitrogen and oxygen atoms in total. The van der Waals surface area contributed by atoms with Gasteiger partial charge in [-0.15, -0.1) is 0 Å². The molecule has 0 spiro atoms. The molecular formula is C20H56N12. The Balaban J connectivity index is 0. The van der Waals surface area contributed by atoms with E-state index in [0.29, 0.717) is 26.2 Å². The van der Waals surface area contributed by atoms with Crippen LogP contribution in [0, 0.1) is 0 Å². The first kappa shape index (κ1) is 33.7. The van der Waals surface area contributed by atoms with E-state index in [1.165, 1.54) is 0 Å². The summed E-state index contributed by atoms with van der Waals surface area (Å²) in [6.07, 6.45) is 0. The molecule has 0 atom stereocenters. The van der Waals surface area contributed by atoms with Crippen molar-refractivity contribution in [2.24, 2.45) is 22.9 Å². The van der Waals surface area contributed by atoms with Crippen LogP contribution in [0.25, 0.3) is 0 Å². The summed E-state index contributed by atoms with van der Waals surface area (Å²) in [5, 5.41) is 26.3. The van der Waals surface area contributed by atoms with Crippen LogP contribution in [-0.4, -0.2) is 131 Å². The van der Waals surface area contributed by atoms with E-state index in [4.69, 9.17) is 22.9 Å². The third-order valence-corrected chi connectivity index (χ3v) is 4.16. The molecule has 0 aromatic heterocycles. The highest BCUT2D eigenvalue weighted by Gasteiger charge is 1.90. The lowest BCUT2D eigenvalue weighted by Crippen LogP contribution is -2.36. The summed E-state index contributed by atoms with van der Waals surface area (Å²) in [5.74, 6) is 0. The maximum absolute atomic E-state index is 5.35. The number of nitrogens with two attached hydrogens (primary N) is 4. The van der Waals surface area contributed by atoms with E-state index in [1.54, 1.807) is 0 Å². The van der Waals surface area contributed by atoms with Crippen LogP contribution in [0.5, 0.6) is 0 Å². The van der Waals surface area contributed by atoms with Crippen molar-refractivity contribution in [3.05, 3.63) is 0 Å². The largest absolute Gasteiger partial charge is 0.329 e. The van der Waals surface area contributed by atoms with Crippen LogP contribution >= 0.6 is 0 Å². The van der Waals surface area contributed by atoms with Crippen LogP contribution in [0.15, 0.2) is 0 Å². The van der Waals surface area contributed by atoms with Crippen molar-refractivity contribution in [3.8, 4) is 0 Å². The second-order valence-corrected chi connectivity index (χ2v) is 7.15. The zero-order chi connectivity index (χ0) is 23.8. The van der Waals surface area contributed by atoms with Crippen LogP contribution < -0.4 is 65.5 Å². The van der Waals surface area contributed by atoms with Gasteiger partial charge in [0, 0.05) is 131 Å². The highest BCUT2D eigenvalue weighted by atomic mass is 15.0. The van der Waals surface area contributed by atoms with Crippen molar-refractivity contribution in [1.82, 2.24) is 42.5 Å². The molecule has 0 aromatic rings.